The molecule has 2 aromatic carbocycles. The van der Waals surface area contributed by atoms with Crippen LogP contribution in [0.1, 0.15) is 51.5 Å². The summed E-state index contributed by atoms with van der Waals surface area (Å²) in [5.41, 5.74) is 4.27. The molecule has 0 atom stereocenters. The number of alkyl halides is 3. The van der Waals surface area contributed by atoms with E-state index in [0.717, 1.165) is 72.1 Å². The number of amides is 1. The molecule has 3 aromatic heterocycles. The molecular formula is C32H28F3N7O. The number of carbonyl (C=O) groups excluding carboxylic acids is 1. The van der Waals surface area contributed by atoms with Crippen molar-refractivity contribution in [3.05, 3.63) is 101 Å². The topological polar surface area (TPSA) is 80.9 Å². The molecule has 1 N–H and O–H groups in total. The molecule has 0 radical (unpaired) electrons. The number of anilines is 1. The molecule has 1 saturated heterocycles. The molecule has 8 nitrogen and oxygen atoms in total. The second-order valence-electron chi connectivity index (χ2n) is 10.7. The van der Waals surface area contributed by atoms with Crippen molar-refractivity contribution in [1.82, 2.24) is 29.2 Å². The van der Waals surface area contributed by atoms with Crippen LogP contribution in [-0.2, 0) is 6.18 Å². The summed E-state index contributed by atoms with van der Waals surface area (Å²) >= 11 is 0. The molecule has 0 unspecified atom stereocenters. The van der Waals surface area contributed by atoms with Gasteiger partial charge in [0.25, 0.3) is 5.91 Å². The van der Waals surface area contributed by atoms with Gasteiger partial charge in [-0.15, -0.1) is 0 Å². The van der Waals surface area contributed by atoms with E-state index in [9.17, 15) is 18.0 Å². The van der Waals surface area contributed by atoms with E-state index in [1.807, 2.05) is 35.9 Å². The average molecular weight is 584 g/mol. The van der Waals surface area contributed by atoms with Crippen molar-refractivity contribution in [2.24, 2.45) is 0 Å². The first-order valence-corrected chi connectivity index (χ1v) is 13.8. The fraction of sp³-hybridized carbons (Fsp3) is 0.250. The lowest BCUT2D eigenvalue weighted by Crippen LogP contribution is -2.31. The Balaban J connectivity index is 1.19. The maximum absolute atomic E-state index is 13.0. The Morgan fingerprint density at radius 1 is 1.02 bits per heavy atom. The molecular weight excluding hydrogens is 555 g/mol. The summed E-state index contributed by atoms with van der Waals surface area (Å²) < 4.78 is 43.1. The van der Waals surface area contributed by atoms with Gasteiger partial charge in [0.15, 0.2) is 0 Å². The Morgan fingerprint density at radius 2 is 1.84 bits per heavy atom. The van der Waals surface area contributed by atoms with E-state index < -0.39 is 17.6 Å². The molecule has 1 fully saturated rings. The van der Waals surface area contributed by atoms with Crippen molar-refractivity contribution >= 4 is 22.8 Å². The van der Waals surface area contributed by atoms with Crippen molar-refractivity contribution in [1.29, 1.82) is 0 Å². The number of hydrogen-bond acceptors (Lipinski definition) is 5. The van der Waals surface area contributed by atoms with Gasteiger partial charge in [0.05, 0.1) is 34.5 Å². The monoisotopic (exact) mass is 583 g/mol. The summed E-state index contributed by atoms with van der Waals surface area (Å²) in [4.78, 5) is 23.5. The van der Waals surface area contributed by atoms with Crippen LogP contribution in [0.2, 0.25) is 0 Å². The molecule has 5 aromatic rings. The van der Waals surface area contributed by atoms with Crippen molar-refractivity contribution in [2.75, 3.05) is 25.5 Å². The van der Waals surface area contributed by atoms with Gasteiger partial charge in [-0.1, -0.05) is 17.9 Å². The predicted molar refractivity (Wildman–Crippen MR) is 157 cm³/mol. The molecule has 0 bridgehead atoms. The van der Waals surface area contributed by atoms with Gasteiger partial charge in [-0.25, -0.2) is 9.97 Å². The second kappa shape index (κ2) is 11.4. The Labute approximate surface area is 246 Å². The van der Waals surface area contributed by atoms with E-state index in [-0.39, 0.29) is 11.4 Å². The van der Waals surface area contributed by atoms with E-state index in [4.69, 9.17) is 0 Å². The minimum absolute atomic E-state index is 0.185. The predicted octanol–water partition coefficient (Wildman–Crippen LogP) is 5.86. The summed E-state index contributed by atoms with van der Waals surface area (Å²) in [5.74, 6) is 5.49. The number of piperidine rings is 1. The van der Waals surface area contributed by atoms with Crippen LogP contribution in [0.4, 0.5) is 19.0 Å². The van der Waals surface area contributed by atoms with Gasteiger partial charge in [-0.05, 0) is 87.9 Å². The number of carbonyl (C=O) groups is 1. The van der Waals surface area contributed by atoms with Crippen molar-refractivity contribution in [3.63, 3.8) is 0 Å². The van der Waals surface area contributed by atoms with Gasteiger partial charge in [-0.2, -0.15) is 18.3 Å². The Morgan fingerprint density at radius 3 is 2.63 bits per heavy atom. The number of nitrogens with zero attached hydrogens (tertiary/aromatic N) is 6. The highest BCUT2D eigenvalue weighted by molar-refractivity contribution is 6.04. The van der Waals surface area contributed by atoms with Crippen LogP contribution in [0.15, 0.2) is 73.4 Å². The van der Waals surface area contributed by atoms with Crippen LogP contribution < -0.4 is 5.32 Å². The van der Waals surface area contributed by atoms with Crippen molar-refractivity contribution in [2.45, 2.75) is 32.0 Å². The fourth-order valence-electron chi connectivity index (χ4n) is 5.11. The number of rotatable bonds is 4. The molecule has 1 aliphatic heterocycles. The van der Waals surface area contributed by atoms with Crippen LogP contribution >= 0.6 is 0 Å². The summed E-state index contributed by atoms with van der Waals surface area (Å²) in [5, 5.41) is 7.06. The van der Waals surface area contributed by atoms with E-state index in [1.54, 1.807) is 24.5 Å². The molecule has 6 rings (SSSR count). The number of pyridine rings is 1. The second-order valence-corrected chi connectivity index (χ2v) is 10.7. The first-order valence-electron chi connectivity index (χ1n) is 13.8. The third kappa shape index (κ3) is 6.15. The molecule has 11 heteroatoms. The van der Waals surface area contributed by atoms with E-state index in [2.05, 4.69) is 55.1 Å². The molecule has 0 spiro atoms. The molecule has 0 aliphatic carbocycles. The van der Waals surface area contributed by atoms with Gasteiger partial charge < -0.3 is 10.2 Å². The van der Waals surface area contributed by atoms with E-state index >= 15 is 0 Å². The van der Waals surface area contributed by atoms with Gasteiger partial charge in [-0.3, -0.25) is 14.0 Å². The third-order valence-electron chi connectivity index (χ3n) is 7.65. The normalized spacial score (nSPS) is 14.4. The first kappa shape index (κ1) is 28.2. The SMILES string of the molecule is Cc1ccc(C(=O)Nc2cc(C(F)(F)F)ccn2)cc1C#Cc1ccc2c(c1)ncn2-c1cnn(C2CCN(C)CC2)c1. The van der Waals surface area contributed by atoms with Gasteiger partial charge in [0.1, 0.15) is 12.1 Å². The Hall–Kier alpha value is -4.95. The molecule has 43 heavy (non-hydrogen) atoms. The summed E-state index contributed by atoms with van der Waals surface area (Å²) in [6, 6.07) is 12.8. The summed E-state index contributed by atoms with van der Waals surface area (Å²) in [6.45, 7) is 3.99. The minimum atomic E-state index is -4.54. The number of nitrogens with one attached hydrogen (secondary N) is 1. The summed E-state index contributed by atoms with van der Waals surface area (Å²) in [6.07, 6.45) is 4.33. The summed E-state index contributed by atoms with van der Waals surface area (Å²) in [7, 11) is 2.14. The van der Waals surface area contributed by atoms with Gasteiger partial charge in [0.2, 0.25) is 0 Å². The number of hydrogen-bond donors (Lipinski definition) is 1. The lowest BCUT2D eigenvalue weighted by Gasteiger charge is -2.28. The minimum Gasteiger partial charge on any atom is -0.307 e. The van der Waals surface area contributed by atoms with E-state index in [1.165, 1.54) is 0 Å². The molecule has 218 valence electrons. The zero-order valence-electron chi connectivity index (χ0n) is 23.6. The van der Waals surface area contributed by atoms with Crippen LogP contribution in [0.25, 0.3) is 16.7 Å². The standard InChI is InChI=1S/C32H28F3N7O/c1-21-3-6-24(31(43)39-30-17-25(9-12-36-30)32(33,34)35)16-23(21)7-4-22-5-8-29-28(15-22)37-20-41(29)27-18-38-42(19-27)26-10-13-40(2)14-11-26/h3,5-6,8-9,12,15-20,26H,10-11,13-14H2,1-2H3,(H,36,39,43). The van der Waals surface area contributed by atoms with Crippen molar-refractivity contribution in [3.8, 4) is 17.5 Å². The lowest BCUT2D eigenvalue weighted by atomic mass is 10.0. The maximum Gasteiger partial charge on any atom is 0.416 e. The fourth-order valence-corrected chi connectivity index (χ4v) is 5.11. The van der Waals surface area contributed by atoms with Crippen LogP contribution in [0.5, 0.6) is 0 Å². The number of aromatic nitrogens is 5. The highest BCUT2D eigenvalue weighted by Crippen LogP contribution is 2.30. The van der Waals surface area contributed by atoms with Crippen LogP contribution in [-0.4, -0.2) is 55.3 Å². The highest BCUT2D eigenvalue weighted by Gasteiger charge is 2.31. The Kier molecular flexibility index (Phi) is 7.46. The zero-order valence-corrected chi connectivity index (χ0v) is 23.6. The quantitative estimate of drug-likeness (QED) is 0.268. The lowest BCUT2D eigenvalue weighted by molar-refractivity contribution is -0.137. The Bertz CT molecular complexity index is 1870. The van der Waals surface area contributed by atoms with Crippen molar-refractivity contribution < 1.29 is 18.0 Å². The van der Waals surface area contributed by atoms with Crippen LogP contribution in [0.3, 0.4) is 0 Å². The number of imidazole rings is 1. The van der Waals surface area contributed by atoms with Gasteiger partial charge >= 0.3 is 6.18 Å². The molecule has 4 heterocycles. The average Bonchev–Trinajstić information content (AvgIpc) is 3.64. The number of fused-ring (bicyclic) bond motifs is 1. The number of likely N-dealkylation sites (tertiary alicyclic amines) is 1. The zero-order chi connectivity index (χ0) is 30.1. The maximum atomic E-state index is 13.0. The molecule has 1 aliphatic rings. The largest absolute Gasteiger partial charge is 0.416 e. The first-order chi connectivity index (χ1) is 20.6. The number of halogens is 3. The number of benzene rings is 2. The van der Waals surface area contributed by atoms with Gasteiger partial charge in [0, 0.05) is 29.1 Å². The van der Waals surface area contributed by atoms with E-state index in [0.29, 0.717) is 11.6 Å². The molecule has 0 saturated carbocycles. The molecule has 1 amide bonds. The highest BCUT2D eigenvalue weighted by atomic mass is 19.4. The smallest absolute Gasteiger partial charge is 0.307 e. The third-order valence-corrected chi connectivity index (χ3v) is 7.65. The van der Waals surface area contributed by atoms with Crippen LogP contribution in [0, 0.1) is 18.8 Å². The number of aryl methyl sites for hydroxylation is 1.